The quantitative estimate of drug-likeness (QED) is 0.877. The zero-order valence-corrected chi connectivity index (χ0v) is 10.7. The average Bonchev–Trinajstić information content (AvgIpc) is 2.16. The summed E-state index contributed by atoms with van der Waals surface area (Å²) in [6, 6.07) is 5.18. The molecule has 0 heterocycles. The standard InChI is InChI=1S/C11H14Cl2N2O/c1-11(2,15-10(16)6-14)8-4-3-7(12)5-9(8)13/h3-5H,6,14H2,1-2H3,(H,15,16). The first-order chi connectivity index (χ1) is 7.36. The molecule has 0 aromatic heterocycles. The first-order valence-electron chi connectivity index (χ1n) is 4.83. The third-order valence-electron chi connectivity index (χ3n) is 2.24. The van der Waals surface area contributed by atoms with Crippen molar-refractivity contribution in [2.24, 2.45) is 5.73 Å². The summed E-state index contributed by atoms with van der Waals surface area (Å²) in [4.78, 5) is 11.3. The van der Waals surface area contributed by atoms with Gasteiger partial charge in [-0.2, -0.15) is 0 Å². The molecule has 3 N–H and O–H groups in total. The fraction of sp³-hybridized carbons (Fsp3) is 0.364. The Morgan fingerprint density at radius 3 is 2.56 bits per heavy atom. The number of amides is 1. The van der Waals surface area contributed by atoms with E-state index in [1.54, 1.807) is 18.2 Å². The average molecular weight is 261 g/mol. The topological polar surface area (TPSA) is 55.1 Å². The molecule has 1 amide bonds. The molecule has 0 aliphatic carbocycles. The van der Waals surface area contributed by atoms with E-state index in [9.17, 15) is 4.79 Å². The third kappa shape index (κ3) is 3.11. The highest BCUT2D eigenvalue weighted by Crippen LogP contribution is 2.29. The van der Waals surface area contributed by atoms with Crippen LogP contribution in [0.25, 0.3) is 0 Å². The van der Waals surface area contributed by atoms with Crippen LogP contribution < -0.4 is 11.1 Å². The van der Waals surface area contributed by atoms with Gasteiger partial charge < -0.3 is 11.1 Å². The Morgan fingerprint density at radius 1 is 1.44 bits per heavy atom. The van der Waals surface area contributed by atoms with Crippen molar-refractivity contribution in [3.8, 4) is 0 Å². The number of hydrogen-bond acceptors (Lipinski definition) is 2. The normalized spacial score (nSPS) is 11.3. The summed E-state index contributed by atoms with van der Waals surface area (Å²) >= 11 is 11.9. The second kappa shape index (κ2) is 5.04. The van der Waals surface area contributed by atoms with Crippen LogP contribution in [0.5, 0.6) is 0 Å². The van der Waals surface area contributed by atoms with E-state index < -0.39 is 5.54 Å². The van der Waals surface area contributed by atoms with Crippen LogP contribution in [0.1, 0.15) is 19.4 Å². The molecule has 0 aliphatic rings. The summed E-state index contributed by atoms with van der Waals surface area (Å²) in [5.41, 5.74) is 5.49. The second-order valence-corrected chi connectivity index (χ2v) is 4.85. The Kier molecular flexibility index (Phi) is 4.19. The molecule has 0 bridgehead atoms. The minimum absolute atomic E-state index is 0.0470. The van der Waals surface area contributed by atoms with Crippen LogP contribution in [0, 0.1) is 0 Å². The second-order valence-electron chi connectivity index (χ2n) is 4.00. The van der Waals surface area contributed by atoms with Crippen molar-refractivity contribution in [3.63, 3.8) is 0 Å². The Balaban J connectivity index is 3.02. The van der Waals surface area contributed by atoms with E-state index in [0.717, 1.165) is 5.56 Å². The SMILES string of the molecule is CC(C)(NC(=O)CN)c1ccc(Cl)cc1Cl. The molecule has 0 saturated heterocycles. The van der Waals surface area contributed by atoms with Gasteiger partial charge in [0.05, 0.1) is 12.1 Å². The molecule has 5 heteroatoms. The van der Waals surface area contributed by atoms with Gasteiger partial charge in [-0.3, -0.25) is 4.79 Å². The van der Waals surface area contributed by atoms with Crippen LogP contribution in [0.3, 0.4) is 0 Å². The number of nitrogens with one attached hydrogen (secondary N) is 1. The molecule has 0 atom stereocenters. The first-order valence-corrected chi connectivity index (χ1v) is 5.59. The van der Waals surface area contributed by atoms with Gasteiger partial charge in [-0.25, -0.2) is 0 Å². The molecule has 16 heavy (non-hydrogen) atoms. The zero-order valence-electron chi connectivity index (χ0n) is 9.18. The van der Waals surface area contributed by atoms with Crippen LogP contribution in [0.15, 0.2) is 18.2 Å². The highest BCUT2D eigenvalue weighted by atomic mass is 35.5. The smallest absolute Gasteiger partial charge is 0.234 e. The lowest BCUT2D eigenvalue weighted by Gasteiger charge is -2.27. The zero-order chi connectivity index (χ0) is 12.3. The van der Waals surface area contributed by atoms with Crippen LogP contribution in [-0.2, 0) is 10.3 Å². The number of halogens is 2. The minimum Gasteiger partial charge on any atom is -0.346 e. The van der Waals surface area contributed by atoms with Gasteiger partial charge in [-0.1, -0.05) is 29.3 Å². The van der Waals surface area contributed by atoms with Gasteiger partial charge in [0.15, 0.2) is 0 Å². The van der Waals surface area contributed by atoms with E-state index in [4.69, 9.17) is 28.9 Å². The van der Waals surface area contributed by atoms with Crippen molar-refractivity contribution in [2.75, 3.05) is 6.54 Å². The highest BCUT2D eigenvalue weighted by molar-refractivity contribution is 6.35. The molecule has 0 aliphatic heterocycles. The number of hydrogen-bond donors (Lipinski definition) is 2. The molecule has 0 saturated carbocycles. The molecule has 1 rings (SSSR count). The van der Waals surface area contributed by atoms with Gasteiger partial charge in [-0.15, -0.1) is 0 Å². The Hall–Kier alpha value is -0.770. The van der Waals surface area contributed by atoms with Crippen LogP contribution in [0.4, 0.5) is 0 Å². The maximum Gasteiger partial charge on any atom is 0.234 e. The fourth-order valence-electron chi connectivity index (χ4n) is 1.46. The number of carbonyl (C=O) groups is 1. The molecule has 0 fully saturated rings. The van der Waals surface area contributed by atoms with E-state index in [1.807, 2.05) is 13.8 Å². The molecular weight excluding hydrogens is 247 g/mol. The van der Waals surface area contributed by atoms with Crippen molar-refractivity contribution in [2.45, 2.75) is 19.4 Å². The van der Waals surface area contributed by atoms with Crippen molar-refractivity contribution >= 4 is 29.1 Å². The van der Waals surface area contributed by atoms with E-state index in [2.05, 4.69) is 5.32 Å². The third-order valence-corrected chi connectivity index (χ3v) is 2.79. The maximum absolute atomic E-state index is 11.3. The molecule has 1 aromatic carbocycles. The lowest BCUT2D eigenvalue weighted by atomic mass is 9.94. The summed E-state index contributed by atoms with van der Waals surface area (Å²) in [6.07, 6.45) is 0. The molecule has 88 valence electrons. The summed E-state index contributed by atoms with van der Waals surface area (Å²) < 4.78 is 0. The van der Waals surface area contributed by atoms with E-state index >= 15 is 0 Å². The summed E-state index contributed by atoms with van der Waals surface area (Å²) in [7, 11) is 0. The van der Waals surface area contributed by atoms with Crippen LogP contribution in [0.2, 0.25) is 10.0 Å². The monoisotopic (exact) mass is 260 g/mol. The maximum atomic E-state index is 11.3. The van der Waals surface area contributed by atoms with Gasteiger partial charge in [-0.05, 0) is 31.5 Å². The van der Waals surface area contributed by atoms with Crippen molar-refractivity contribution in [1.29, 1.82) is 0 Å². The van der Waals surface area contributed by atoms with Crippen molar-refractivity contribution in [1.82, 2.24) is 5.32 Å². The predicted molar refractivity (Wildman–Crippen MR) is 66.7 cm³/mol. The molecule has 0 spiro atoms. The summed E-state index contributed by atoms with van der Waals surface area (Å²) in [6.45, 7) is 3.67. The number of rotatable bonds is 3. The highest BCUT2D eigenvalue weighted by Gasteiger charge is 2.24. The Morgan fingerprint density at radius 2 is 2.06 bits per heavy atom. The minimum atomic E-state index is -0.571. The van der Waals surface area contributed by atoms with Crippen LogP contribution in [-0.4, -0.2) is 12.5 Å². The fourth-order valence-corrected chi connectivity index (χ4v) is 2.11. The van der Waals surface area contributed by atoms with Gasteiger partial charge in [0.25, 0.3) is 0 Å². The number of carbonyl (C=O) groups excluding carboxylic acids is 1. The Bertz CT molecular complexity index is 405. The van der Waals surface area contributed by atoms with E-state index in [0.29, 0.717) is 10.0 Å². The van der Waals surface area contributed by atoms with Gasteiger partial charge in [0.1, 0.15) is 0 Å². The summed E-state index contributed by atoms with van der Waals surface area (Å²) in [5, 5.41) is 3.88. The molecule has 0 unspecified atom stereocenters. The predicted octanol–water partition coefficient (Wildman–Crippen LogP) is 2.30. The molecule has 1 aromatic rings. The van der Waals surface area contributed by atoms with Gasteiger partial charge in [0, 0.05) is 10.0 Å². The molecule has 0 radical (unpaired) electrons. The number of benzene rings is 1. The van der Waals surface area contributed by atoms with E-state index in [1.165, 1.54) is 0 Å². The number of nitrogens with two attached hydrogens (primary N) is 1. The van der Waals surface area contributed by atoms with Gasteiger partial charge in [0.2, 0.25) is 5.91 Å². The van der Waals surface area contributed by atoms with E-state index in [-0.39, 0.29) is 12.5 Å². The van der Waals surface area contributed by atoms with Crippen molar-refractivity contribution in [3.05, 3.63) is 33.8 Å². The lowest BCUT2D eigenvalue weighted by molar-refractivity contribution is -0.121. The molecule has 3 nitrogen and oxygen atoms in total. The van der Waals surface area contributed by atoms with Crippen LogP contribution >= 0.6 is 23.2 Å². The first kappa shape index (κ1) is 13.3. The lowest BCUT2D eigenvalue weighted by Crippen LogP contribution is -2.44. The Labute approximate surface area is 105 Å². The van der Waals surface area contributed by atoms with Crippen molar-refractivity contribution < 1.29 is 4.79 Å². The summed E-state index contributed by atoms with van der Waals surface area (Å²) in [5.74, 6) is -0.226. The largest absolute Gasteiger partial charge is 0.346 e. The molecular formula is C11H14Cl2N2O. The van der Waals surface area contributed by atoms with Gasteiger partial charge >= 0.3 is 0 Å².